The zero-order valence-corrected chi connectivity index (χ0v) is 11.8. The molecule has 2 aromatic rings. The maximum Gasteiger partial charge on any atom is 0.242 e. The van der Waals surface area contributed by atoms with Crippen LogP contribution in [0.15, 0.2) is 29.0 Å². The average molecular weight is 330 g/mol. The highest BCUT2D eigenvalue weighted by molar-refractivity contribution is 9.10. The third-order valence-corrected chi connectivity index (χ3v) is 3.46. The molecule has 18 heavy (non-hydrogen) atoms. The lowest BCUT2D eigenvalue weighted by Crippen LogP contribution is -2.03. The van der Waals surface area contributed by atoms with Gasteiger partial charge in [-0.05, 0) is 34.1 Å². The first-order valence-corrected chi connectivity index (χ1v) is 6.15. The second kappa shape index (κ2) is 5.41. The zero-order valence-electron chi connectivity index (χ0n) is 9.45. The first-order valence-electron chi connectivity index (χ1n) is 4.98. The Morgan fingerprint density at radius 2 is 2.17 bits per heavy atom. The van der Waals surface area contributed by atoms with E-state index in [4.69, 9.17) is 22.1 Å². The van der Waals surface area contributed by atoms with Gasteiger partial charge in [-0.15, -0.1) is 0 Å². The fourth-order valence-electron chi connectivity index (χ4n) is 1.35. The summed E-state index contributed by atoms with van der Waals surface area (Å²) in [5.41, 5.74) is 6.97. The summed E-state index contributed by atoms with van der Waals surface area (Å²) in [5, 5.41) is 3.65. The Morgan fingerprint density at radius 1 is 1.39 bits per heavy atom. The molecule has 0 radical (unpaired) electrons. The largest absolute Gasteiger partial charge is 0.479 e. The van der Waals surface area contributed by atoms with Gasteiger partial charge < -0.3 is 15.8 Å². The fourth-order valence-corrected chi connectivity index (χ4v) is 1.78. The minimum absolute atomic E-state index is 0.329. The van der Waals surface area contributed by atoms with Gasteiger partial charge in [0.1, 0.15) is 12.0 Å². The summed E-state index contributed by atoms with van der Waals surface area (Å²) in [6, 6.07) is 5.45. The Labute approximate surface area is 117 Å². The van der Waals surface area contributed by atoms with E-state index >= 15 is 0 Å². The van der Waals surface area contributed by atoms with E-state index in [2.05, 4.69) is 31.2 Å². The van der Waals surface area contributed by atoms with Crippen LogP contribution in [0.5, 0.6) is 5.88 Å². The Balaban J connectivity index is 2.31. The molecule has 0 spiro atoms. The van der Waals surface area contributed by atoms with Gasteiger partial charge in [0.15, 0.2) is 5.82 Å². The highest BCUT2D eigenvalue weighted by Crippen LogP contribution is 2.30. The van der Waals surface area contributed by atoms with Crippen molar-refractivity contribution in [2.24, 2.45) is 0 Å². The first kappa shape index (κ1) is 12.9. The molecule has 0 amide bonds. The van der Waals surface area contributed by atoms with E-state index in [1.165, 1.54) is 13.4 Å². The lowest BCUT2D eigenvalue weighted by atomic mass is 10.3. The molecule has 1 aromatic heterocycles. The summed E-state index contributed by atoms with van der Waals surface area (Å²) in [4.78, 5) is 7.95. The summed E-state index contributed by atoms with van der Waals surface area (Å²) >= 11 is 9.32. The molecule has 0 fully saturated rings. The highest BCUT2D eigenvalue weighted by Gasteiger charge is 2.08. The van der Waals surface area contributed by atoms with E-state index in [1.54, 1.807) is 6.07 Å². The van der Waals surface area contributed by atoms with Gasteiger partial charge in [0.05, 0.1) is 12.1 Å². The van der Waals surface area contributed by atoms with E-state index in [0.29, 0.717) is 22.4 Å². The van der Waals surface area contributed by atoms with E-state index in [0.717, 1.165) is 10.2 Å². The van der Waals surface area contributed by atoms with Crippen LogP contribution in [-0.2, 0) is 0 Å². The summed E-state index contributed by atoms with van der Waals surface area (Å²) in [6.45, 7) is 0. The average Bonchev–Trinajstić information content (AvgIpc) is 2.36. The number of nitrogens with zero attached hydrogens (tertiary/aromatic N) is 2. The predicted molar refractivity (Wildman–Crippen MR) is 75.4 cm³/mol. The summed E-state index contributed by atoms with van der Waals surface area (Å²) in [7, 11) is 1.50. The minimum Gasteiger partial charge on any atom is -0.479 e. The van der Waals surface area contributed by atoms with Gasteiger partial charge in [-0.1, -0.05) is 11.6 Å². The van der Waals surface area contributed by atoms with Gasteiger partial charge in [-0.25, -0.2) is 4.98 Å². The van der Waals surface area contributed by atoms with Gasteiger partial charge >= 0.3 is 0 Å². The molecule has 5 nitrogen and oxygen atoms in total. The number of nitrogen functional groups attached to an aromatic ring is 1. The molecule has 0 unspecified atom stereocenters. The summed E-state index contributed by atoms with van der Waals surface area (Å²) in [6.07, 6.45) is 1.37. The third kappa shape index (κ3) is 2.65. The normalized spacial score (nSPS) is 10.2. The molecule has 0 bridgehead atoms. The van der Waals surface area contributed by atoms with Crippen LogP contribution in [0.25, 0.3) is 0 Å². The molecule has 0 saturated carbocycles. The number of benzene rings is 1. The van der Waals surface area contributed by atoms with Crippen LogP contribution in [0, 0.1) is 0 Å². The van der Waals surface area contributed by atoms with Gasteiger partial charge in [-0.3, -0.25) is 0 Å². The monoisotopic (exact) mass is 328 g/mol. The highest BCUT2D eigenvalue weighted by atomic mass is 79.9. The van der Waals surface area contributed by atoms with Crippen molar-refractivity contribution in [2.75, 3.05) is 18.2 Å². The fraction of sp³-hybridized carbons (Fsp3) is 0.0909. The molecule has 0 aliphatic heterocycles. The molecule has 3 N–H and O–H groups in total. The number of hydrogen-bond donors (Lipinski definition) is 2. The number of nitrogens with one attached hydrogen (secondary N) is 1. The standard InChI is InChI=1S/C11H10BrClN4O/c1-18-11-9(14)10(15-5-16-11)17-6-2-3-7(12)8(13)4-6/h2-5H,14H2,1H3,(H,15,16,17). The molecular formula is C11H10BrClN4O. The number of anilines is 3. The number of hydrogen-bond acceptors (Lipinski definition) is 5. The first-order chi connectivity index (χ1) is 8.61. The van der Waals surface area contributed by atoms with E-state index in [1.807, 2.05) is 12.1 Å². The Morgan fingerprint density at radius 3 is 2.83 bits per heavy atom. The SMILES string of the molecule is COc1ncnc(Nc2ccc(Br)c(Cl)c2)c1N. The molecule has 0 aliphatic rings. The van der Waals surface area contributed by atoms with Crippen LogP contribution in [0.2, 0.25) is 5.02 Å². The van der Waals surface area contributed by atoms with E-state index < -0.39 is 0 Å². The second-order valence-electron chi connectivity index (χ2n) is 3.40. The molecule has 0 atom stereocenters. The maximum atomic E-state index is 6.00. The number of halogens is 2. The van der Waals surface area contributed by atoms with Crippen molar-refractivity contribution in [2.45, 2.75) is 0 Å². The topological polar surface area (TPSA) is 73.1 Å². The van der Waals surface area contributed by atoms with Crippen molar-refractivity contribution < 1.29 is 4.74 Å². The molecule has 1 heterocycles. The molecule has 0 aliphatic carbocycles. The van der Waals surface area contributed by atoms with Gasteiger partial charge in [-0.2, -0.15) is 4.98 Å². The second-order valence-corrected chi connectivity index (χ2v) is 4.66. The van der Waals surface area contributed by atoms with Crippen molar-refractivity contribution in [1.82, 2.24) is 9.97 Å². The smallest absolute Gasteiger partial charge is 0.242 e. The summed E-state index contributed by atoms with van der Waals surface area (Å²) < 4.78 is 5.84. The van der Waals surface area contributed by atoms with Crippen LogP contribution < -0.4 is 15.8 Å². The number of rotatable bonds is 3. The van der Waals surface area contributed by atoms with Crippen LogP contribution in [0.1, 0.15) is 0 Å². The molecule has 2 rings (SSSR count). The van der Waals surface area contributed by atoms with E-state index in [-0.39, 0.29) is 0 Å². The Bertz CT molecular complexity index is 579. The number of nitrogens with two attached hydrogens (primary N) is 1. The quantitative estimate of drug-likeness (QED) is 0.904. The van der Waals surface area contributed by atoms with Crippen molar-refractivity contribution >= 4 is 44.7 Å². The van der Waals surface area contributed by atoms with Crippen molar-refractivity contribution in [3.8, 4) is 5.88 Å². The van der Waals surface area contributed by atoms with Crippen LogP contribution in [0.3, 0.4) is 0 Å². The Kier molecular flexibility index (Phi) is 3.88. The number of aromatic nitrogens is 2. The third-order valence-electron chi connectivity index (χ3n) is 2.22. The lowest BCUT2D eigenvalue weighted by Gasteiger charge is -2.10. The molecule has 1 aromatic carbocycles. The molecule has 7 heteroatoms. The molecule has 94 valence electrons. The zero-order chi connectivity index (χ0) is 13.1. The summed E-state index contributed by atoms with van der Waals surface area (Å²) in [5.74, 6) is 0.802. The molecular weight excluding hydrogens is 320 g/mol. The number of ether oxygens (including phenoxy) is 1. The minimum atomic E-state index is 0.329. The number of methoxy groups -OCH3 is 1. The van der Waals surface area contributed by atoms with Crippen molar-refractivity contribution in [3.05, 3.63) is 34.0 Å². The van der Waals surface area contributed by atoms with Crippen molar-refractivity contribution in [1.29, 1.82) is 0 Å². The van der Waals surface area contributed by atoms with Crippen molar-refractivity contribution in [3.63, 3.8) is 0 Å². The maximum absolute atomic E-state index is 6.00. The van der Waals surface area contributed by atoms with Crippen LogP contribution in [0.4, 0.5) is 17.2 Å². The Hall–Kier alpha value is -1.53. The van der Waals surface area contributed by atoms with Gasteiger partial charge in [0, 0.05) is 10.2 Å². The lowest BCUT2D eigenvalue weighted by molar-refractivity contribution is 0.399. The van der Waals surface area contributed by atoms with E-state index in [9.17, 15) is 0 Å². The van der Waals surface area contributed by atoms with Gasteiger partial charge in [0.2, 0.25) is 5.88 Å². The predicted octanol–water partition coefficient (Wildman–Crippen LogP) is 3.23. The van der Waals surface area contributed by atoms with Gasteiger partial charge in [0.25, 0.3) is 0 Å². The van der Waals surface area contributed by atoms with Crippen LogP contribution in [-0.4, -0.2) is 17.1 Å². The molecule has 0 saturated heterocycles. The van der Waals surface area contributed by atoms with Crippen LogP contribution >= 0.6 is 27.5 Å².